The van der Waals surface area contributed by atoms with Gasteiger partial charge in [-0.2, -0.15) is 4.31 Å². The van der Waals surface area contributed by atoms with E-state index in [0.29, 0.717) is 32.2 Å². The van der Waals surface area contributed by atoms with E-state index in [1.807, 2.05) is 0 Å². The van der Waals surface area contributed by atoms with E-state index in [9.17, 15) is 13.2 Å². The van der Waals surface area contributed by atoms with Crippen molar-refractivity contribution in [3.63, 3.8) is 0 Å². The minimum atomic E-state index is -3.69. The third-order valence-electron chi connectivity index (χ3n) is 3.89. The van der Waals surface area contributed by atoms with Crippen LogP contribution in [0.1, 0.15) is 20.3 Å². The molecule has 0 radical (unpaired) electrons. The molecule has 1 aromatic heterocycles. The first-order valence-electron chi connectivity index (χ1n) is 6.88. The Hall–Kier alpha value is -1.18. The summed E-state index contributed by atoms with van der Waals surface area (Å²) in [5.74, 6) is 0. The summed E-state index contributed by atoms with van der Waals surface area (Å²) >= 11 is 0. The Morgan fingerprint density at radius 3 is 2.50 bits per heavy atom. The molecule has 1 unspecified atom stereocenters. The molecule has 1 aromatic rings. The number of nitrogens with one attached hydrogen (secondary N) is 1. The van der Waals surface area contributed by atoms with Crippen molar-refractivity contribution in [3.8, 4) is 0 Å². The van der Waals surface area contributed by atoms with Gasteiger partial charge >= 0.3 is 0 Å². The van der Waals surface area contributed by atoms with Crippen LogP contribution < -0.4 is 5.43 Å². The lowest BCUT2D eigenvalue weighted by Gasteiger charge is -2.37. The monoisotopic (exact) mass is 299 g/mol. The Bertz CT molecular complexity index is 603. The van der Waals surface area contributed by atoms with Crippen LogP contribution in [0.5, 0.6) is 0 Å². The molecule has 1 N–H and O–H groups in total. The second kappa shape index (κ2) is 6.07. The van der Waals surface area contributed by atoms with Crippen molar-refractivity contribution in [2.75, 3.05) is 26.2 Å². The second-order valence-electron chi connectivity index (χ2n) is 5.07. The summed E-state index contributed by atoms with van der Waals surface area (Å²) in [4.78, 5) is 16.5. The van der Waals surface area contributed by atoms with Gasteiger partial charge in [0.1, 0.15) is 4.90 Å². The fourth-order valence-corrected chi connectivity index (χ4v) is 3.85. The van der Waals surface area contributed by atoms with Crippen LogP contribution in [-0.2, 0) is 10.0 Å². The zero-order chi connectivity index (χ0) is 14.8. The van der Waals surface area contributed by atoms with Crippen molar-refractivity contribution in [1.29, 1.82) is 0 Å². The topological polar surface area (TPSA) is 73.5 Å². The molecule has 2 rings (SSSR count). The van der Waals surface area contributed by atoms with Gasteiger partial charge in [0.25, 0.3) is 0 Å². The average Bonchev–Trinajstić information content (AvgIpc) is 2.47. The number of hydrogen-bond donors (Lipinski definition) is 1. The lowest BCUT2D eigenvalue weighted by Crippen LogP contribution is -2.51. The predicted molar refractivity (Wildman–Crippen MR) is 77.1 cm³/mol. The molecule has 6 nitrogen and oxygen atoms in total. The molecule has 0 spiro atoms. The van der Waals surface area contributed by atoms with Gasteiger partial charge < -0.3 is 4.98 Å². The maximum atomic E-state index is 12.4. The van der Waals surface area contributed by atoms with Gasteiger partial charge in [0.2, 0.25) is 15.5 Å². The standard InChI is InChI=1S/C13H21N3O3S/c1-3-11(2)15-6-8-16(9-7-15)20(18,19)13-10-14-5-4-12(13)17/h4-5,10-11H,3,6-9H2,1-2H3,(H,14,17). The van der Waals surface area contributed by atoms with Crippen LogP contribution in [0.25, 0.3) is 0 Å². The Labute approximate surface area is 119 Å². The summed E-state index contributed by atoms with van der Waals surface area (Å²) in [6.07, 6.45) is 3.74. The molecule has 1 saturated heterocycles. The van der Waals surface area contributed by atoms with E-state index in [0.717, 1.165) is 6.42 Å². The number of piperazine rings is 1. The van der Waals surface area contributed by atoms with Crippen LogP contribution in [0.4, 0.5) is 0 Å². The summed E-state index contributed by atoms with van der Waals surface area (Å²) in [5, 5.41) is 0. The van der Waals surface area contributed by atoms with Crippen molar-refractivity contribution in [2.24, 2.45) is 0 Å². The predicted octanol–water partition coefficient (Wildman–Crippen LogP) is 0.480. The third kappa shape index (κ3) is 2.94. The minimum Gasteiger partial charge on any atom is -0.366 e. The number of aromatic nitrogens is 1. The van der Waals surface area contributed by atoms with Gasteiger partial charge in [-0.1, -0.05) is 6.92 Å². The summed E-state index contributed by atoms with van der Waals surface area (Å²) in [7, 11) is -3.69. The van der Waals surface area contributed by atoms with E-state index in [4.69, 9.17) is 0 Å². The van der Waals surface area contributed by atoms with Crippen LogP contribution >= 0.6 is 0 Å². The Morgan fingerprint density at radius 1 is 1.30 bits per heavy atom. The number of sulfonamides is 1. The maximum absolute atomic E-state index is 12.4. The van der Waals surface area contributed by atoms with Crippen molar-refractivity contribution >= 4 is 10.0 Å². The number of pyridine rings is 1. The first kappa shape index (κ1) is 15.2. The van der Waals surface area contributed by atoms with E-state index in [2.05, 4.69) is 23.7 Å². The zero-order valence-corrected chi connectivity index (χ0v) is 12.7. The molecule has 1 atom stereocenters. The molecule has 0 aliphatic carbocycles. The van der Waals surface area contributed by atoms with Gasteiger partial charge in [0.05, 0.1) is 0 Å². The first-order chi connectivity index (χ1) is 9.46. The van der Waals surface area contributed by atoms with Crippen molar-refractivity contribution in [2.45, 2.75) is 31.2 Å². The van der Waals surface area contributed by atoms with E-state index in [-0.39, 0.29) is 4.90 Å². The molecule has 2 heterocycles. The quantitative estimate of drug-likeness (QED) is 0.877. The Morgan fingerprint density at radius 2 is 1.95 bits per heavy atom. The molecule has 1 aliphatic rings. The van der Waals surface area contributed by atoms with Gasteiger partial charge in [-0.05, 0) is 13.3 Å². The lowest BCUT2D eigenvalue weighted by atomic mass is 10.2. The van der Waals surface area contributed by atoms with E-state index < -0.39 is 15.5 Å². The van der Waals surface area contributed by atoms with Crippen LogP contribution in [0.2, 0.25) is 0 Å². The second-order valence-corrected chi connectivity index (χ2v) is 6.98. The van der Waals surface area contributed by atoms with Crippen LogP contribution in [0, 0.1) is 0 Å². The first-order valence-corrected chi connectivity index (χ1v) is 8.32. The van der Waals surface area contributed by atoms with Gasteiger partial charge in [0.15, 0.2) is 0 Å². The zero-order valence-electron chi connectivity index (χ0n) is 11.9. The average molecular weight is 299 g/mol. The Balaban J connectivity index is 2.14. The molecule has 0 aromatic carbocycles. The summed E-state index contributed by atoms with van der Waals surface area (Å²) in [5.41, 5.74) is -0.465. The van der Waals surface area contributed by atoms with Crippen LogP contribution in [0.15, 0.2) is 28.2 Å². The number of nitrogens with zero attached hydrogens (tertiary/aromatic N) is 2. The summed E-state index contributed by atoms with van der Waals surface area (Å²) < 4.78 is 26.3. The van der Waals surface area contributed by atoms with Crippen LogP contribution in [-0.4, -0.2) is 54.8 Å². The fraction of sp³-hybridized carbons (Fsp3) is 0.615. The van der Waals surface area contributed by atoms with Gasteiger partial charge in [0, 0.05) is 50.7 Å². The van der Waals surface area contributed by atoms with Crippen LogP contribution in [0.3, 0.4) is 0 Å². The molecule has 1 aliphatic heterocycles. The Kier molecular flexibility index (Phi) is 4.62. The number of aromatic amines is 1. The highest BCUT2D eigenvalue weighted by Gasteiger charge is 2.31. The number of H-pyrrole nitrogens is 1. The van der Waals surface area contributed by atoms with Gasteiger partial charge in [-0.3, -0.25) is 9.69 Å². The molecule has 7 heteroatoms. The van der Waals surface area contributed by atoms with Crippen molar-refractivity contribution in [3.05, 3.63) is 28.7 Å². The molecule has 0 saturated carbocycles. The maximum Gasteiger partial charge on any atom is 0.248 e. The SMILES string of the molecule is CCC(C)N1CCN(S(=O)(=O)c2c[nH]ccc2=O)CC1. The van der Waals surface area contributed by atoms with Gasteiger partial charge in [-0.25, -0.2) is 8.42 Å². The molecular weight excluding hydrogens is 278 g/mol. The smallest absolute Gasteiger partial charge is 0.248 e. The molecule has 0 bridgehead atoms. The third-order valence-corrected chi connectivity index (χ3v) is 5.81. The largest absolute Gasteiger partial charge is 0.366 e. The van der Waals surface area contributed by atoms with Crippen molar-refractivity contribution < 1.29 is 8.42 Å². The molecule has 0 amide bonds. The van der Waals surface area contributed by atoms with Crippen molar-refractivity contribution in [1.82, 2.24) is 14.2 Å². The van der Waals surface area contributed by atoms with E-state index in [1.54, 1.807) is 0 Å². The highest BCUT2D eigenvalue weighted by atomic mass is 32.2. The normalized spacial score (nSPS) is 19.9. The number of rotatable bonds is 4. The highest BCUT2D eigenvalue weighted by molar-refractivity contribution is 7.89. The molecular formula is C13H21N3O3S. The fourth-order valence-electron chi connectivity index (χ4n) is 2.38. The molecule has 112 valence electrons. The van der Waals surface area contributed by atoms with E-state index in [1.165, 1.54) is 22.8 Å². The minimum absolute atomic E-state index is 0.169. The molecule has 20 heavy (non-hydrogen) atoms. The highest BCUT2D eigenvalue weighted by Crippen LogP contribution is 2.15. The van der Waals surface area contributed by atoms with Gasteiger partial charge in [-0.15, -0.1) is 0 Å². The number of hydrogen-bond acceptors (Lipinski definition) is 4. The summed E-state index contributed by atoms with van der Waals surface area (Å²) in [6, 6.07) is 1.70. The summed E-state index contributed by atoms with van der Waals surface area (Å²) in [6.45, 7) is 6.54. The molecule has 1 fully saturated rings. The van der Waals surface area contributed by atoms with E-state index >= 15 is 0 Å². The lowest BCUT2D eigenvalue weighted by molar-refractivity contribution is 0.142.